The van der Waals surface area contributed by atoms with E-state index in [4.69, 9.17) is 9.84 Å². The van der Waals surface area contributed by atoms with Gasteiger partial charge in [0.25, 0.3) is 0 Å². The van der Waals surface area contributed by atoms with Gasteiger partial charge in [-0.15, -0.1) is 24.2 Å². The highest BCUT2D eigenvalue weighted by Crippen LogP contribution is 2.19. The van der Waals surface area contributed by atoms with Crippen molar-refractivity contribution >= 4 is 30.1 Å². The van der Waals surface area contributed by atoms with Gasteiger partial charge in [0.1, 0.15) is 12.4 Å². The zero-order valence-corrected chi connectivity index (χ0v) is 15.9. The largest absolute Gasteiger partial charge is 0.492 e. The van der Waals surface area contributed by atoms with E-state index in [2.05, 4.69) is 23.3 Å². The Balaban J connectivity index is 0.00000288. The molecule has 1 heterocycles. The van der Waals surface area contributed by atoms with E-state index in [1.165, 1.54) is 4.90 Å². The number of carboxylic acids is 1. The molecule has 0 aromatic heterocycles. The summed E-state index contributed by atoms with van der Waals surface area (Å²) in [5, 5.41) is 8.85. The molecule has 1 fully saturated rings. The summed E-state index contributed by atoms with van der Waals surface area (Å²) in [6.45, 7) is 3.74. The molecule has 0 bridgehead atoms. The number of carboxylic acid groups (broad SMARTS) is 1. The maximum Gasteiger partial charge on any atom is 0.317 e. The number of thioether (sulfide) groups is 1. The average Bonchev–Trinajstić information content (AvgIpc) is 2.55. The summed E-state index contributed by atoms with van der Waals surface area (Å²) >= 11 is 1.73. The van der Waals surface area contributed by atoms with Crippen LogP contribution in [-0.2, 0) is 4.79 Å². The number of carbonyl (C=O) groups is 1. The molecular weight excluding hydrogens is 348 g/mol. The molecule has 0 radical (unpaired) electrons. The lowest BCUT2D eigenvalue weighted by Crippen LogP contribution is -2.45. The predicted molar refractivity (Wildman–Crippen MR) is 101 cm³/mol. The Bertz CT molecular complexity index is 493. The van der Waals surface area contributed by atoms with Crippen molar-refractivity contribution in [3.05, 3.63) is 24.3 Å². The standard InChI is InChI=1S/C17H26N2O3S.ClH/c1-18(13-17(20)21)14-7-9-19(10-8-14)11-12-22-15-3-5-16(23-2)6-4-15;/h3-6,14H,7-13H2,1-2H3,(H,20,21);1H. The van der Waals surface area contributed by atoms with Crippen molar-refractivity contribution in [1.29, 1.82) is 0 Å². The first-order valence-electron chi connectivity index (χ1n) is 7.99. The fourth-order valence-electron chi connectivity index (χ4n) is 2.89. The highest BCUT2D eigenvalue weighted by molar-refractivity contribution is 7.98. The van der Waals surface area contributed by atoms with Crippen LogP contribution in [0.1, 0.15) is 12.8 Å². The summed E-state index contributed by atoms with van der Waals surface area (Å²) < 4.78 is 5.80. The predicted octanol–water partition coefficient (Wildman–Crippen LogP) is 2.69. The molecule has 0 amide bonds. The molecule has 1 aromatic carbocycles. The molecule has 2 rings (SSSR count). The number of rotatable bonds is 8. The van der Waals surface area contributed by atoms with E-state index < -0.39 is 5.97 Å². The van der Waals surface area contributed by atoms with Gasteiger partial charge in [0.15, 0.2) is 0 Å². The second kappa shape index (κ2) is 10.8. The Morgan fingerprint density at radius 3 is 2.50 bits per heavy atom. The maximum absolute atomic E-state index is 10.8. The van der Waals surface area contributed by atoms with Gasteiger partial charge in [0.05, 0.1) is 6.54 Å². The summed E-state index contributed by atoms with van der Waals surface area (Å²) in [5.41, 5.74) is 0. The Labute approximate surface area is 154 Å². The maximum atomic E-state index is 10.8. The van der Waals surface area contributed by atoms with Crippen LogP contribution in [0.3, 0.4) is 0 Å². The molecule has 1 aromatic rings. The van der Waals surface area contributed by atoms with Gasteiger partial charge >= 0.3 is 5.97 Å². The molecule has 5 nitrogen and oxygen atoms in total. The van der Waals surface area contributed by atoms with Gasteiger partial charge in [-0.05, 0) is 63.5 Å². The van der Waals surface area contributed by atoms with E-state index >= 15 is 0 Å². The third kappa shape index (κ3) is 6.89. The van der Waals surface area contributed by atoms with Gasteiger partial charge in [-0.25, -0.2) is 0 Å². The molecule has 1 saturated heterocycles. The molecular formula is C17H27ClN2O3S. The van der Waals surface area contributed by atoms with E-state index in [9.17, 15) is 4.79 Å². The van der Waals surface area contributed by atoms with Crippen LogP contribution in [0, 0.1) is 0 Å². The van der Waals surface area contributed by atoms with Gasteiger partial charge in [-0.2, -0.15) is 0 Å². The van der Waals surface area contributed by atoms with Crippen molar-refractivity contribution in [3.8, 4) is 5.75 Å². The van der Waals surface area contributed by atoms with Crippen LogP contribution in [0.25, 0.3) is 0 Å². The molecule has 1 N–H and O–H groups in total. The number of nitrogens with zero attached hydrogens (tertiary/aromatic N) is 2. The van der Waals surface area contributed by atoms with E-state index in [1.807, 2.05) is 24.1 Å². The van der Waals surface area contributed by atoms with Crippen molar-refractivity contribution in [2.45, 2.75) is 23.8 Å². The highest BCUT2D eigenvalue weighted by Gasteiger charge is 2.23. The number of halogens is 1. The quantitative estimate of drug-likeness (QED) is 0.706. The molecule has 0 spiro atoms. The zero-order valence-electron chi connectivity index (χ0n) is 14.3. The highest BCUT2D eigenvalue weighted by atomic mass is 35.5. The molecule has 7 heteroatoms. The van der Waals surface area contributed by atoms with Crippen LogP contribution >= 0.6 is 24.2 Å². The summed E-state index contributed by atoms with van der Waals surface area (Å²) in [5.74, 6) is 0.162. The lowest BCUT2D eigenvalue weighted by molar-refractivity contribution is -0.138. The van der Waals surface area contributed by atoms with Gasteiger partial charge in [-0.1, -0.05) is 0 Å². The van der Waals surface area contributed by atoms with Crippen molar-refractivity contribution in [2.75, 3.05) is 46.1 Å². The number of piperidine rings is 1. The molecule has 0 atom stereocenters. The second-order valence-corrected chi connectivity index (χ2v) is 6.79. The lowest BCUT2D eigenvalue weighted by Gasteiger charge is -2.36. The van der Waals surface area contributed by atoms with E-state index in [1.54, 1.807) is 11.8 Å². The number of hydrogen-bond donors (Lipinski definition) is 1. The fourth-order valence-corrected chi connectivity index (χ4v) is 3.30. The normalized spacial score (nSPS) is 16.0. The lowest BCUT2D eigenvalue weighted by atomic mass is 10.0. The van der Waals surface area contributed by atoms with Crippen LogP contribution in [0.4, 0.5) is 0 Å². The molecule has 1 aliphatic rings. The summed E-state index contributed by atoms with van der Waals surface area (Å²) in [7, 11) is 1.90. The van der Waals surface area contributed by atoms with Crippen LogP contribution in [0.2, 0.25) is 0 Å². The van der Waals surface area contributed by atoms with Crippen molar-refractivity contribution in [3.63, 3.8) is 0 Å². The topological polar surface area (TPSA) is 53.0 Å². The fraction of sp³-hybridized carbons (Fsp3) is 0.588. The zero-order chi connectivity index (χ0) is 16.7. The Morgan fingerprint density at radius 2 is 1.96 bits per heavy atom. The molecule has 24 heavy (non-hydrogen) atoms. The smallest absolute Gasteiger partial charge is 0.317 e. The molecule has 0 saturated carbocycles. The third-order valence-electron chi connectivity index (χ3n) is 4.30. The number of benzene rings is 1. The number of aliphatic carboxylic acids is 1. The second-order valence-electron chi connectivity index (χ2n) is 5.91. The van der Waals surface area contributed by atoms with Crippen LogP contribution in [-0.4, -0.2) is 73.0 Å². The van der Waals surface area contributed by atoms with Crippen LogP contribution in [0.5, 0.6) is 5.75 Å². The van der Waals surface area contributed by atoms with Gasteiger partial charge in [0.2, 0.25) is 0 Å². The van der Waals surface area contributed by atoms with Crippen LogP contribution in [0.15, 0.2) is 29.2 Å². The van der Waals surface area contributed by atoms with Crippen molar-refractivity contribution in [1.82, 2.24) is 9.80 Å². The van der Waals surface area contributed by atoms with Crippen molar-refractivity contribution in [2.24, 2.45) is 0 Å². The Kier molecular flexibility index (Phi) is 9.51. The first kappa shape index (κ1) is 21.1. The Morgan fingerprint density at radius 1 is 1.33 bits per heavy atom. The van der Waals surface area contributed by atoms with Crippen LogP contribution < -0.4 is 4.74 Å². The first-order valence-corrected chi connectivity index (χ1v) is 9.22. The van der Waals surface area contributed by atoms with Gasteiger partial charge < -0.3 is 9.84 Å². The first-order chi connectivity index (χ1) is 11.1. The number of likely N-dealkylation sites (N-methyl/N-ethyl adjacent to an activating group) is 1. The number of hydrogen-bond acceptors (Lipinski definition) is 5. The summed E-state index contributed by atoms with van der Waals surface area (Å²) in [6.07, 6.45) is 4.10. The average molecular weight is 375 g/mol. The minimum Gasteiger partial charge on any atom is -0.492 e. The van der Waals surface area contributed by atoms with E-state index in [-0.39, 0.29) is 19.0 Å². The minimum absolute atomic E-state index is 0. The minimum atomic E-state index is -0.754. The molecule has 136 valence electrons. The molecule has 0 aliphatic carbocycles. The third-order valence-corrected chi connectivity index (χ3v) is 5.04. The van der Waals surface area contributed by atoms with Gasteiger partial charge in [-0.3, -0.25) is 14.6 Å². The number of ether oxygens (including phenoxy) is 1. The summed E-state index contributed by atoms with van der Waals surface area (Å²) in [4.78, 5) is 16.3. The number of likely N-dealkylation sites (tertiary alicyclic amines) is 1. The molecule has 0 unspecified atom stereocenters. The Hall–Kier alpha value is -0.950. The van der Waals surface area contributed by atoms with Crippen molar-refractivity contribution < 1.29 is 14.6 Å². The summed E-state index contributed by atoms with van der Waals surface area (Å²) in [6, 6.07) is 8.55. The van der Waals surface area contributed by atoms with E-state index in [0.29, 0.717) is 12.6 Å². The monoisotopic (exact) mass is 374 g/mol. The van der Waals surface area contributed by atoms with Gasteiger partial charge in [0, 0.05) is 17.5 Å². The van der Waals surface area contributed by atoms with E-state index in [0.717, 1.165) is 38.2 Å². The molecule has 1 aliphatic heterocycles. The SMILES string of the molecule is CSc1ccc(OCCN2CCC(N(C)CC(=O)O)CC2)cc1.Cl.